The van der Waals surface area contributed by atoms with Crippen molar-refractivity contribution in [3.8, 4) is 0 Å². The number of hydrogen-bond donors (Lipinski definition) is 2. The summed E-state index contributed by atoms with van der Waals surface area (Å²) in [5.74, 6) is 0.463. The third-order valence-corrected chi connectivity index (χ3v) is 3.51. The summed E-state index contributed by atoms with van der Waals surface area (Å²) in [5.41, 5.74) is 1.81. The maximum absolute atomic E-state index is 10.9. The fourth-order valence-corrected chi connectivity index (χ4v) is 1.54. The van der Waals surface area contributed by atoms with Crippen molar-refractivity contribution < 1.29 is 4.92 Å². The van der Waals surface area contributed by atoms with Crippen molar-refractivity contribution in [3.63, 3.8) is 0 Å². The topological polar surface area (TPSA) is 67.2 Å². The molecule has 106 valence electrons. The summed E-state index contributed by atoms with van der Waals surface area (Å²) >= 11 is 0. The first kappa shape index (κ1) is 15.3. The average molecular weight is 265 g/mol. The minimum absolute atomic E-state index is 0.0951. The monoisotopic (exact) mass is 265 g/mol. The van der Waals surface area contributed by atoms with Gasteiger partial charge in [-0.2, -0.15) is 0 Å². The van der Waals surface area contributed by atoms with Crippen molar-refractivity contribution in [1.29, 1.82) is 0 Å². The van der Waals surface area contributed by atoms with Gasteiger partial charge in [0.1, 0.15) is 0 Å². The van der Waals surface area contributed by atoms with Crippen LogP contribution in [0.5, 0.6) is 0 Å². The lowest BCUT2D eigenvalue weighted by atomic mass is 9.82. The first-order valence-corrected chi connectivity index (χ1v) is 6.45. The summed E-state index contributed by atoms with van der Waals surface area (Å²) in [7, 11) is 1.75. The van der Waals surface area contributed by atoms with E-state index in [0.29, 0.717) is 5.92 Å². The third-order valence-electron chi connectivity index (χ3n) is 3.51. The maximum atomic E-state index is 10.9. The number of nitro groups is 1. The molecule has 0 aliphatic rings. The van der Waals surface area contributed by atoms with Crippen molar-refractivity contribution in [2.75, 3.05) is 24.2 Å². The second-order valence-electron chi connectivity index (χ2n) is 5.92. The van der Waals surface area contributed by atoms with E-state index in [1.807, 2.05) is 6.07 Å². The SMILES string of the molecule is CNc1cc(NCC(C)C(C)(C)C)cc([N+](=O)[O-])c1. The average Bonchev–Trinajstić information content (AvgIpc) is 2.34. The minimum Gasteiger partial charge on any atom is -0.388 e. The number of hydrogen-bond acceptors (Lipinski definition) is 4. The molecule has 0 saturated heterocycles. The highest BCUT2D eigenvalue weighted by molar-refractivity contribution is 5.63. The van der Waals surface area contributed by atoms with Gasteiger partial charge in [0, 0.05) is 37.1 Å². The van der Waals surface area contributed by atoms with Gasteiger partial charge in [0.15, 0.2) is 0 Å². The summed E-state index contributed by atoms with van der Waals surface area (Å²) in [5, 5.41) is 17.1. The Kier molecular flexibility index (Phi) is 4.75. The highest BCUT2D eigenvalue weighted by Crippen LogP contribution is 2.27. The number of anilines is 2. The standard InChI is InChI=1S/C14H23N3O2/c1-10(14(2,3)4)9-16-12-6-11(15-5)7-13(8-12)17(18)19/h6-8,10,15-16H,9H2,1-5H3. The lowest BCUT2D eigenvalue weighted by Crippen LogP contribution is -2.24. The smallest absolute Gasteiger partial charge is 0.273 e. The molecule has 0 fully saturated rings. The van der Waals surface area contributed by atoms with Gasteiger partial charge in [0.2, 0.25) is 0 Å². The Morgan fingerprint density at radius 3 is 2.32 bits per heavy atom. The Labute approximate surface area is 114 Å². The van der Waals surface area contributed by atoms with Crippen LogP contribution in [0.3, 0.4) is 0 Å². The second-order valence-corrected chi connectivity index (χ2v) is 5.92. The molecule has 0 aliphatic carbocycles. The number of non-ortho nitro benzene ring substituents is 1. The molecular formula is C14H23N3O2. The molecule has 5 heteroatoms. The van der Waals surface area contributed by atoms with E-state index in [1.54, 1.807) is 13.1 Å². The van der Waals surface area contributed by atoms with Crippen LogP contribution in [0, 0.1) is 21.4 Å². The van der Waals surface area contributed by atoms with Crippen molar-refractivity contribution >= 4 is 17.1 Å². The van der Waals surface area contributed by atoms with Crippen LogP contribution < -0.4 is 10.6 Å². The summed E-state index contributed by atoms with van der Waals surface area (Å²) in [6.45, 7) is 9.51. The molecule has 1 aromatic rings. The molecule has 19 heavy (non-hydrogen) atoms. The van der Waals surface area contributed by atoms with Crippen LogP contribution in [0.1, 0.15) is 27.7 Å². The molecule has 0 saturated carbocycles. The zero-order valence-electron chi connectivity index (χ0n) is 12.3. The zero-order valence-corrected chi connectivity index (χ0v) is 12.3. The molecule has 0 bridgehead atoms. The fraction of sp³-hybridized carbons (Fsp3) is 0.571. The van der Waals surface area contributed by atoms with Gasteiger partial charge in [0.25, 0.3) is 5.69 Å². The number of benzene rings is 1. The van der Waals surface area contributed by atoms with Gasteiger partial charge in [-0.3, -0.25) is 10.1 Å². The Hall–Kier alpha value is -1.78. The summed E-state index contributed by atoms with van der Waals surface area (Å²) in [6, 6.07) is 4.97. The number of nitrogens with zero attached hydrogens (tertiary/aromatic N) is 1. The zero-order chi connectivity index (χ0) is 14.6. The summed E-state index contributed by atoms with van der Waals surface area (Å²) in [4.78, 5) is 10.5. The van der Waals surface area contributed by atoms with Crippen molar-refractivity contribution in [1.82, 2.24) is 0 Å². The first-order chi connectivity index (χ1) is 8.74. The van der Waals surface area contributed by atoms with E-state index in [0.717, 1.165) is 17.9 Å². The Balaban J connectivity index is 2.83. The molecular weight excluding hydrogens is 242 g/mol. The van der Waals surface area contributed by atoms with Crippen molar-refractivity contribution in [3.05, 3.63) is 28.3 Å². The van der Waals surface area contributed by atoms with E-state index in [2.05, 4.69) is 38.3 Å². The quantitative estimate of drug-likeness (QED) is 0.628. The van der Waals surface area contributed by atoms with E-state index < -0.39 is 0 Å². The maximum Gasteiger partial charge on any atom is 0.273 e. The summed E-state index contributed by atoms with van der Waals surface area (Å²) < 4.78 is 0. The normalized spacial score (nSPS) is 12.9. The number of nitro benzene ring substituents is 1. The molecule has 0 aliphatic heterocycles. The van der Waals surface area contributed by atoms with Gasteiger partial charge in [0.05, 0.1) is 4.92 Å². The molecule has 1 unspecified atom stereocenters. The molecule has 0 spiro atoms. The van der Waals surface area contributed by atoms with E-state index in [4.69, 9.17) is 0 Å². The highest BCUT2D eigenvalue weighted by atomic mass is 16.6. The molecule has 2 N–H and O–H groups in total. The highest BCUT2D eigenvalue weighted by Gasteiger charge is 2.19. The Morgan fingerprint density at radius 2 is 1.84 bits per heavy atom. The van der Waals surface area contributed by atoms with Gasteiger partial charge in [-0.05, 0) is 17.4 Å². The van der Waals surface area contributed by atoms with Crippen molar-refractivity contribution in [2.24, 2.45) is 11.3 Å². The Bertz CT molecular complexity index is 452. The predicted molar refractivity (Wildman–Crippen MR) is 79.8 cm³/mol. The van der Waals surface area contributed by atoms with Crippen molar-refractivity contribution in [2.45, 2.75) is 27.7 Å². The number of rotatable bonds is 5. The molecule has 0 radical (unpaired) electrons. The van der Waals surface area contributed by atoms with E-state index in [1.165, 1.54) is 6.07 Å². The van der Waals surface area contributed by atoms with E-state index in [9.17, 15) is 10.1 Å². The van der Waals surface area contributed by atoms with Crippen LogP contribution in [-0.2, 0) is 0 Å². The van der Waals surface area contributed by atoms with Gasteiger partial charge >= 0.3 is 0 Å². The summed E-state index contributed by atoms with van der Waals surface area (Å²) in [6.07, 6.45) is 0. The Morgan fingerprint density at radius 1 is 1.26 bits per heavy atom. The van der Waals surface area contributed by atoms with Crippen LogP contribution in [0.15, 0.2) is 18.2 Å². The van der Waals surface area contributed by atoms with Gasteiger partial charge in [-0.15, -0.1) is 0 Å². The molecule has 1 rings (SSSR count). The van der Waals surface area contributed by atoms with Crippen LogP contribution in [-0.4, -0.2) is 18.5 Å². The lowest BCUT2D eigenvalue weighted by Gasteiger charge is -2.27. The number of nitrogens with one attached hydrogen (secondary N) is 2. The van der Waals surface area contributed by atoms with Gasteiger partial charge in [-0.25, -0.2) is 0 Å². The molecule has 5 nitrogen and oxygen atoms in total. The molecule has 1 aromatic carbocycles. The first-order valence-electron chi connectivity index (χ1n) is 6.45. The van der Waals surface area contributed by atoms with Crippen LogP contribution in [0.25, 0.3) is 0 Å². The largest absolute Gasteiger partial charge is 0.388 e. The van der Waals surface area contributed by atoms with E-state index in [-0.39, 0.29) is 16.0 Å². The molecule has 1 atom stereocenters. The minimum atomic E-state index is -0.376. The van der Waals surface area contributed by atoms with Crippen LogP contribution in [0.2, 0.25) is 0 Å². The van der Waals surface area contributed by atoms with Gasteiger partial charge in [-0.1, -0.05) is 27.7 Å². The lowest BCUT2D eigenvalue weighted by molar-refractivity contribution is -0.384. The van der Waals surface area contributed by atoms with Gasteiger partial charge < -0.3 is 10.6 Å². The second kappa shape index (κ2) is 5.91. The van der Waals surface area contributed by atoms with E-state index >= 15 is 0 Å². The van der Waals surface area contributed by atoms with Crippen LogP contribution >= 0.6 is 0 Å². The molecule has 0 amide bonds. The molecule has 0 heterocycles. The predicted octanol–water partition coefficient (Wildman–Crippen LogP) is 3.73. The fourth-order valence-electron chi connectivity index (χ4n) is 1.54. The molecule has 0 aromatic heterocycles. The third kappa shape index (κ3) is 4.43. The van der Waals surface area contributed by atoms with Crippen LogP contribution in [0.4, 0.5) is 17.1 Å².